The summed E-state index contributed by atoms with van der Waals surface area (Å²) in [5.74, 6) is 0.959. The van der Waals surface area contributed by atoms with Gasteiger partial charge in [0.05, 0.1) is 18.3 Å². The summed E-state index contributed by atoms with van der Waals surface area (Å²) in [6, 6.07) is 12.7. The molecule has 0 spiro atoms. The summed E-state index contributed by atoms with van der Waals surface area (Å²) in [6.45, 7) is 6.54. The van der Waals surface area contributed by atoms with Gasteiger partial charge in [-0.2, -0.15) is 0 Å². The minimum Gasteiger partial charge on any atom is -0.494 e. The van der Waals surface area contributed by atoms with Gasteiger partial charge in [-0.1, -0.05) is 22.9 Å². The van der Waals surface area contributed by atoms with E-state index in [2.05, 4.69) is 33.5 Å². The number of rotatable bonds is 7. The van der Waals surface area contributed by atoms with Crippen molar-refractivity contribution < 1.29 is 14.3 Å². The summed E-state index contributed by atoms with van der Waals surface area (Å²) in [7, 11) is 0. The third-order valence-corrected chi connectivity index (χ3v) is 4.06. The molecule has 0 aliphatic heterocycles. The molecule has 7 heteroatoms. The molecule has 0 aliphatic rings. The van der Waals surface area contributed by atoms with Crippen molar-refractivity contribution in [3.05, 3.63) is 52.5 Å². The van der Waals surface area contributed by atoms with Crippen LogP contribution < -0.4 is 20.1 Å². The van der Waals surface area contributed by atoms with Gasteiger partial charge in [0.1, 0.15) is 11.5 Å². The van der Waals surface area contributed by atoms with Crippen LogP contribution >= 0.6 is 28.1 Å². The van der Waals surface area contributed by atoms with Gasteiger partial charge in [0.15, 0.2) is 5.11 Å². The molecule has 0 radical (unpaired) electrons. The number of thiocarbonyl (C=S) groups is 1. The molecule has 144 valence electrons. The van der Waals surface area contributed by atoms with E-state index in [9.17, 15) is 4.79 Å². The lowest BCUT2D eigenvalue weighted by atomic mass is 10.2. The maximum Gasteiger partial charge on any atom is 0.261 e. The second kappa shape index (κ2) is 10.3. The van der Waals surface area contributed by atoms with Crippen LogP contribution in [0.3, 0.4) is 0 Å². The van der Waals surface area contributed by atoms with Crippen LogP contribution in [0.1, 0.15) is 37.6 Å². The maximum atomic E-state index is 12.6. The van der Waals surface area contributed by atoms with E-state index in [-0.39, 0.29) is 17.1 Å². The largest absolute Gasteiger partial charge is 0.494 e. The summed E-state index contributed by atoms with van der Waals surface area (Å²) in [4.78, 5) is 12.6. The van der Waals surface area contributed by atoms with Crippen LogP contribution in [0.15, 0.2) is 46.9 Å². The Morgan fingerprint density at radius 1 is 1.19 bits per heavy atom. The molecule has 2 aromatic rings. The Kier molecular flexibility index (Phi) is 8.06. The highest BCUT2D eigenvalue weighted by Crippen LogP contribution is 2.24. The molecule has 0 aromatic heterocycles. The maximum absolute atomic E-state index is 12.6. The predicted octanol–water partition coefficient (Wildman–Crippen LogP) is 5.15. The van der Waals surface area contributed by atoms with E-state index in [0.717, 1.165) is 22.3 Å². The summed E-state index contributed by atoms with van der Waals surface area (Å²) < 4.78 is 12.0. The lowest BCUT2D eigenvalue weighted by molar-refractivity contribution is 0.0972. The number of amides is 1. The van der Waals surface area contributed by atoms with Gasteiger partial charge in [0, 0.05) is 10.2 Å². The molecule has 2 N–H and O–H groups in total. The first-order valence-corrected chi connectivity index (χ1v) is 9.90. The Bertz CT molecular complexity index is 794. The van der Waals surface area contributed by atoms with E-state index in [1.807, 2.05) is 44.2 Å². The average Bonchev–Trinajstić information content (AvgIpc) is 2.62. The van der Waals surface area contributed by atoms with Gasteiger partial charge < -0.3 is 14.8 Å². The van der Waals surface area contributed by atoms with Gasteiger partial charge >= 0.3 is 0 Å². The second-order valence-corrected chi connectivity index (χ2v) is 7.41. The van der Waals surface area contributed by atoms with Crippen LogP contribution in [0, 0.1) is 0 Å². The number of halogens is 1. The van der Waals surface area contributed by atoms with Crippen molar-refractivity contribution in [2.24, 2.45) is 0 Å². The summed E-state index contributed by atoms with van der Waals surface area (Å²) in [6.07, 6.45) is 0.907. The van der Waals surface area contributed by atoms with Crippen LogP contribution in [0.4, 0.5) is 5.69 Å². The summed E-state index contributed by atoms with van der Waals surface area (Å²) in [5, 5.41) is 5.88. The van der Waals surface area contributed by atoms with Crippen molar-refractivity contribution in [3.63, 3.8) is 0 Å². The molecule has 5 nitrogen and oxygen atoms in total. The minimum absolute atomic E-state index is 0.0451. The van der Waals surface area contributed by atoms with E-state index in [1.54, 1.807) is 12.1 Å². The van der Waals surface area contributed by atoms with Gasteiger partial charge in [-0.05, 0) is 75.0 Å². The molecule has 0 bridgehead atoms. The summed E-state index contributed by atoms with van der Waals surface area (Å²) >= 11 is 8.63. The molecule has 0 saturated carbocycles. The van der Waals surface area contributed by atoms with Gasteiger partial charge in [0.25, 0.3) is 5.91 Å². The highest BCUT2D eigenvalue weighted by Gasteiger charge is 2.15. The lowest BCUT2D eigenvalue weighted by Gasteiger charge is -2.15. The third-order valence-electron chi connectivity index (χ3n) is 3.36. The van der Waals surface area contributed by atoms with Crippen molar-refractivity contribution in [3.8, 4) is 11.5 Å². The monoisotopic (exact) mass is 450 g/mol. The van der Waals surface area contributed by atoms with E-state index in [1.165, 1.54) is 0 Å². The number of nitrogens with one attached hydrogen (secondary N) is 2. The Balaban J connectivity index is 2.01. The standard InChI is InChI=1S/C20H23BrN2O3S/c1-4-11-25-16-8-6-15(7-9-16)22-20(27)23-19(24)17-12-14(21)5-10-18(17)26-13(2)3/h5-10,12-13H,4,11H2,1-3H3,(H2,22,23,24,27). The fourth-order valence-electron chi connectivity index (χ4n) is 2.22. The highest BCUT2D eigenvalue weighted by molar-refractivity contribution is 9.10. The minimum atomic E-state index is -0.340. The number of anilines is 1. The lowest BCUT2D eigenvalue weighted by Crippen LogP contribution is -2.34. The Hall–Kier alpha value is -2.12. The van der Waals surface area contributed by atoms with Gasteiger partial charge in [-0.3, -0.25) is 10.1 Å². The third kappa shape index (κ3) is 6.84. The Morgan fingerprint density at radius 3 is 2.52 bits per heavy atom. The Labute approximate surface area is 173 Å². The average molecular weight is 451 g/mol. The summed E-state index contributed by atoms with van der Waals surface area (Å²) in [5.41, 5.74) is 1.17. The molecule has 2 rings (SSSR count). The zero-order chi connectivity index (χ0) is 19.8. The smallest absolute Gasteiger partial charge is 0.261 e. The van der Waals surface area contributed by atoms with E-state index in [4.69, 9.17) is 21.7 Å². The molecule has 0 saturated heterocycles. The first kappa shape index (κ1) is 21.2. The van der Waals surface area contributed by atoms with Crippen LogP contribution in [0.5, 0.6) is 11.5 Å². The number of carbonyl (C=O) groups is 1. The molecular formula is C20H23BrN2O3S. The molecule has 0 unspecified atom stereocenters. The fraction of sp³-hybridized carbons (Fsp3) is 0.300. The molecule has 0 fully saturated rings. The van der Waals surface area contributed by atoms with Crippen LogP contribution in [-0.4, -0.2) is 23.7 Å². The first-order chi connectivity index (χ1) is 12.9. The van der Waals surface area contributed by atoms with Gasteiger partial charge in [0.2, 0.25) is 0 Å². The van der Waals surface area contributed by atoms with Crippen molar-refractivity contribution in [1.29, 1.82) is 0 Å². The fourth-order valence-corrected chi connectivity index (χ4v) is 2.80. The van der Waals surface area contributed by atoms with Crippen LogP contribution in [-0.2, 0) is 0 Å². The number of ether oxygens (including phenoxy) is 2. The molecule has 2 aromatic carbocycles. The van der Waals surface area contributed by atoms with E-state index in [0.29, 0.717) is 17.9 Å². The normalized spacial score (nSPS) is 10.4. The predicted molar refractivity (Wildman–Crippen MR) is 116 cm³/mol. The zero-order valence-electron chi connectivity index (χ0n) is 15.5. The van der Waals surface area contributed by atoms with Crippen LogP contribution in [0.2, 0.25) is 0 Å². The molecule has 1 amide bonds. The second-order valence-electron chi connectivity index (χ2n) is 6.09. The number of carbonyl (C=O) groups excluding carboxylic acids is 1. The van der Waals surface area contributed by atoms with Crippen molar-refractivity contribution in [1.82, 2.24) is 5.32 Å². The van der Waals surface area contributed by atoms with Crippen molar-refractivity contribution in [2.75, 3.05) is 11.9 Å². The van der Waals surface area contributed by atoms with E-state index < -0.39 is 0 Å². The molecule has 27 heavy (non-hydrogen) atoms. The van der Waals surface area contributed by atoms with Crippen LogP contribution in [0.25, 0.3) is 0 Å². The Morgan fingerprint density at radius 2 is 1.89 bits per heavy atom. The topological polar surface area (TPSA) is 59.6 Å². The van der Waals surface area contributed by atoms with Gasteiger partial charge in [-0.25, -0.2) is 0 Å². The SMILES string of the molecule is CCCOc1ccc(NC(=S)NC(=O)c2cc(Br)ccc2OC(C)C)cc1. The number of benzene rings is 2. The first-order valence-electron chi connectivity index (χ1n) is 8.70. The molecule has 0 atom stereocenters. The zero-order valence-corrected chi connectivity index (χ0v) is 17.9. The molecule has 0 aliphatic carbocycles. The number of hydrogen-bond acceptors (Lipinski definition) is 4. The van der Waals surface area contributed by atoms with Gasteiger partial charge in [-0.15, -0.1) is 0 Å². The molecule has 0 heterocycles. The highest BCUT2D eigenvalue weighted by atomic mass is 79.9. The van der Waals surface area contributed by atoms with Crippen molar-refractivity contribution >= 4 is 44.9 Å². The van der Waals surface area contributed by atoms with Crippen molar-refractivity contribution in [2.45, 2.75) is 33.3 Å². The molecular weight excluding hydrogens is 428 g/mol. The quantitative estimate of drug-likeness (QED) is 0.570. The number of hydrogen-bond donors (Lipinski definition) is 2. The van der Waals surface area contributed by atoms with E-state index >= 15 is 0 Å².